The predicted octanol–water partition coefficient (Wildman–Crippen LogP) is 5.30. The molecule has 0 radical (unpaired) electrons. The lowest BCUT2D eigenvalue weighted by Crippen LogP contribution is -2.29. The van der Waals surface area contributed by atoms with Gasteiger partial charge in [0.15, 0.2) is 11.0 Å². The molecule has 172 valence electrons. The van der Waals surface area contributed by atoms with Gasteiger partial charge in [-0.1, -0.05) is 58.7 Å². The molecule has 2 amide bonds. The number of aryl methyl sites for hydroxylation is 1. The second-order valence-corrected chi connectivity index (χ2v) is 9.05. The summed E-state index contributed by atoms with van der Waals surface area (Å²) in [6.07, 6.45) is 1.71. The number of anilines is 1. The van der Waals surface area contributed by atoms with E-state index in [1.165, 1.54) is 11.8 Å². The van der Waals surface area contributed by atoms with Crippen molar-refractivity contribution in [2.45, 2.75) is 31.6 Å². The van der Waals surface area contributed by atoms with E-state index >= 15 is 0 Å². The standard InChI is InChI=1S/C23H23Cl2N5O2S/c1-4-10-30-21(15(3)26-22(32)16-7-5-6-14(2)11-16)28-29-23(30)33-13-20(31)27-19-9-8-17(24)12-18(19)25/h4-9,11-12,15H,1,10,13H2,2-3H3,(H,26,32)(H,27,31)/t15-/m1/s1. The highest BCUT2D eigenvalue weighted by atomic mass is 35.5. The number of allylic oxidation sites excluding steroid dienone is 1. The minimum Gasteiger partial charge on any atom is -0.342 e. The van der Waals surface area contributed by atoms with Gasteiger partial charge in [-0.3, -0.25) is 9.59 Å². The van der Waals surface area contributed by atoms with Crippen LogP contribution in [0.1, 0.15) is 34.7 Å². The molecule has 0 aliphatic heterocycles. The Kier molecular flexibility index (Phi) is 8.55. The molecule has 0 spiro atoms. The van der Waals surface area contributed by atoms with E-state index in [9.17, 15) is 9.59 Å². The van der Waals surface area contributed by atoms with Crippen LogP contribution < -0.4 is 10.6 Å². The Hall–Kier alpha value is -2.81. The van der Waals surface area contributed by atoms with Gasteiger partial charge in [0.2, 0.25) is 5.91 Å². The summed E-state index contributed by atoms with van der Waals surface area (Å²) in [4.78, 5) is 25.0. The minimum atomic E-state index is -0.401. The van der Waals surface area contributed by atoms with Crippen LogP contribution in [0.25, 0.3) is 0 Å². The predicted molar refractivity (Wildman–Crippen MR) is 133 cm³/mol. The molecule has 10 heteroatoms. The lowest BCUT2D eigenvalue weighted by Gasteiger charge is -2.15. The number of benzene rings is 2. The third-order valence-corrected chi connectivity index (χ3v) is 6.12. The van der Waals surface area contributed by atoms with Gasteiger partial charge in [0, 0.05) is 17.1 Å². The van der Waals surface area contributed by atoms with Crippen molar-refractivity contribution in [3.63, 3.8) is 0 Å². The van der Waals surface area contributed by atoms with Gasteiger partial charge >= 0.3 is 0 Å². The molecule has 0 bridgehead atoms. The summed E-state index contributed by atoms with van der Waals surface area (Å²) in [7, 11) is 0. The number of hydrogen-bond acceptors (Lipinski definition) is 5. The van der Waals surface area contributed by atoms with Crippen LogP contribution >= 0.6 is 35.0 Å². The average molecular weight is 504 g/mol. The highest BCUT2D eigenvalue weighted by molar-refractivity contribution is 7.99. The molecule has 0 saturated heterocycles. The van der Waals surface area contributed by atoms with Crippen molar-refractivity contribution in [3.05, 3.63) is 82.1 Å². The van der Waals surface area contributed by atoms with Gasteiger partial charge in [-0.05, 0) is 44.2 Å². The third kappa shape index (κ3) is 6.60. The van der Waals surface area contributed by atoms with Gasteiger partial charge < -0.3 is 15.2 Å². The number of nitrogens with one attached hydrogen (secondary N) is 2. The smallest absolute Gasteiger partial charge is 0.251 e. The molecule has 1 atom stereocenters. The van der Waals surface area contributed by atoms with Crippen molar-refractivity contribution in [2.75, 3.05) is 11.1 Å². The van der Waals surface area contributed by atoms with E-state index in [-0.39, 0.29) is 17.6 Å². The van der Waals surface area contributed by atoms with Crippen LogP contribution in [-0.2, 0) is 11.3 Å². The second kappa shape index (κ2) is 11.4. The number of thioether (sulfide) groups is 1. The molecule has 3 aromatic rings. The van der Waals surface area contributed by atoms with E-state index in [0.717, 1.165) is 5.56 Å². The number of halogens is 2. The summed E-state index contributed by atoms with van der Waals surface area (Å²) in [6, 6.07) is 11.8. The number of nitrogens with zero attached hydrogens (tertiary/aromatic N) is 3. The summed E-state index contributed by atoms with van der Waals surface area (Å²) in [6.45, 7) is 7.98. The first kappa shape index (κ1) is 24.8. The minimum absolute atomic E-state index is 0.0955. The van der Waals surface area contributed by atoms with E-state index in [2.05, 4.69) is 27.4 Å². The summed E-state index contributed by atoms with van der Waals surface area (Å²) in [5, 5.41) is 15.5. The molecule has 33 heavy (non-hydrogen) atoms. The van der Waals surface area contributed by atoms with Gasteiger partial charge in [0.25, 0.3) is 5.91 Å². The SMILES string of the molecule is C=CCn1c(SCC(=O)Nc2ccc(Cl)cc2Cl)nnc1[C@@H](C)NC(=O)c1cccc(C)c1. The van der Waals surface area contributed by atoms with Gasteiger partial charge in [0.05, 0.1) is 22.5 Å². The number of rotatable bonds is 9. The first-order valence-electron chi connectivity index (χ1n) is 10.1. The van der Waals surface area contributed by atoms with Crippen LogP contribution in [0, 0.1) is 6.92 Å². The van der Waals surface area contributed by atoms with Gasteiger partial charge in [-0.2, -0.15) is 0 Å². The average Bonchev–Trinajstić information content (AvgIpc) is 3.17. The Morgan fingerprint density at radius 1 is 1.21 bits per heavy atom. The lowest BCUT2D eigenvalue weighted by molar-refractivity contribution is -0.113. The lowest BCUT2D eigenvalue weighted by atomic mass is 10.1. The zero-order valence-electron chi connectivity index (χ0n) is 18.1. The Balaban J connectivity index is 1.67. The Bertz CT molecular complexity index is 1180. The highest BCUT2D eigenvalue weighted by Crippen LogP contribution is 2.26. The van der Waals surface area contributed by atoms with E-state index < -0.39 is 6.04 Å². The van der Waals surface area contributed by atoms with Crippen molar-refractivity contribution >= 4 is 52.5 Å². The molecule has 0 aliphatic carbocycles. The normalized spacial score (nSPS) is 11.6. The van der Waals surface area contributed by atoms with Crippen molar-refractivity contribution < 1.29 is 9.59 Å². The number of carbonyl (C=O) groups excluding carboxylic acids is 2. The van der Waals surface area contributed by atoms with Crippen molar-refractivity contribution in [3.8, 4) is 0 Å². The maximum absolute atomic E-state index is 12.6. The number of hydrogen-bond donors (Lipinski definition) is 2. The molecular formula is C23H23Cl2N5O2S. The Morgan fingerprint density at radius 3 is 2.70 bits per heavy atom. The van der Waals surface area contributed by atoms with Crippen LogP contribution in [0.15, 0.2) is 60.3 Å². The summed E-state index contributed by atoms with van der Waals surface area (Å²) in [5.74, 6) is 0.213. The summed E-state index contributed by atoms with van der Waals surface area (Å²) in [5.41, 5.74) is 2.05. The fourth-order valence-corrected chi connectivity index (χ4v) is 4.28. The largest absolute Gasteiger partial charge is 0.342 e. The van der Waals surface area contributed by atoms with E-state index in [1.54, 1.807) is 30.3 Å². The molecule has 0 saturated carbocycles. The molecule has 3 rings (SSSR count). The number of carbonyl (C=O) groups is 2. The molecule has 2 N–H and O–H groups in total. The molecule has 0 aliphatic rings. The number of amides is 2. The topological polar surface area (TPSA) is 88.9 Å². The molecule has 1 aromatic heterocycles. The van der Waals surface area contributed by atoms with Gasteiger partial charge in [0.1, 0.15) is 0 Å². The monoisotopic (exact) mass is 503 g/mol. The zero-order chi connectivity index (χ0) is 24.0. The summed E-state index contributed by atoms with van der Waals surface area (Å²) >= 11 is 13.2. The Morgan fingerprint density at radius 2 is 2.00 bits per heavy atom. The second-order valence-electron chi connectivity index (χ2n) is 7.27. The van der Waals surface area contributed by atoms with Crippen LogP contribution in [0.3, 0.4) is 0 Å². The quantitative estimate of drug-likeness (QED) is 0.305. The van der Waals surface area contributed by atoms with Gasteiger partial charge in [-0.25, -0.2) is 0 Å². The molecule has 0 fully saturated rings. The van der Waals surface area contributed by atoms with Crippen LogP contribution in [0.2, 0.25) is 10.0 Å². The fraction of sp³-hybridized carbons (Fsp3) is 0.217. The van der Waals surface area contributed by atoms with Crippen molar-refractivity contribution in [2.24, 2.45) is 0 Å². The first-order valence-corrected chi connectivity index (χ1v) is 11.8. The fourth-order valence-electron chi connectivity index (χ4n) is 3.07. The van der Waals surface area contributed by atoms with Crippen LogP contribution in [0.5, 0.6) is 0 Å². The van der Waals surface area contributed by atoms with Crippen LogP contribution in [-0.4, -0.2) is 32.3 Å². The molecule has 0 unspecified atom stereocenters. The summed E-state index contributed by atoms with van der Waals surface area (Å²) < 4.78 is 1.82. The maximum Gasteiger partial charge on any atom is 0.251 e. The van der Waals surface area contributed by atoms with Crippen LogP contribution in [0.4, 0.5) is 5.69 Å². The van der Waals surface area contributed by atoms with Crippen molar-refractivity contribution in [1.82, 2.24) is 20.1 Å². The first-order chi connectivity index (χ1) is 15.8. The van der Waals surface area contributed by atoms with Crippen molar-refractivity contribution in [1.29, 1.82) is 0 Å². The van der Waals surface area contributed by atoms with E-state index in [1.807, 2.05) is 36.6 Å². The number of aromatic nitrogens is 3. The molecule has 7 nitrogen and oxygen atoms in total. The van der Waals surface area contributed by atoms with E-state index in [4.69, 9.17) is 23.2 Å². The Labute approximate surface area is 206 Å². The van der Waals surface area contributed by atoms with E-state index in [0.29, 0.717) is 38.8 Å². The highest BCUT2D eigenvalue weighted by Gasteiger charge is 2.20. The zero-order valence-corrected chi connectivity index (χ0v) is 20.5. The van der Waals surface area contributed by atoms with Gasteiger partial charge in [-0.15, -0.1) is 16.8 Å². The molecule has 1 heterocycles. The maximum atomic E-state index is 12.6. The molecular weight excluding hydrogens is 481 g/mol. The molecule has 2 aromatic carbocycles. The third-order valence-electron chi connectivity index (χ3n) is 4.61.